The van der Waals surface area contributed by atoms with Crippen molar-refractivity contribution in [1.82, 2.24) is 15.5 Å². The molecule has 0 bridgehead atoms. The molecule has 2 fully saturated rings. The van der Waals surface area contributed by atoms with E-state index in [9.17, 15) is 4.79 Å². The van der Waals surface area contributed by atoms with Crippen LogP contribution >= 0.6 is 0 Å². The summed E-state index contributed by atoms with van der Waals surface area (Å²) < 4.78 is 5.31. The molecule has 0 radical (unpaired) electrons. The molecule has 2 aliphatic rings. The van der Waals surface area contributed by atoms with Gasteiger partial charge in [-0.3, -0.25) is 4.79 Å². The van der Waals surface area contributed by atoms with Crippen molar-refractivity contribution >= 4 is 5.91 Å². The Kier molecular flexibility index (Phi) is 4.76. The van der Waals surface area contributed by atoms with Crippen LogP contribution in [0.15, 0.2) is 0 Å². The summed E-state index contributed by atoms with van der Waals surface area (Å²) in [5.41, 5.74) is 0. The van der Waals surface area contributed by atoms with Gasteiger partial charge in [0.2, 0.25) is 5.91 Å². The number of likely N-dealkylation sites (tertiary alicyclic amines) is 1. The molecule has 2 aliphatic heterocycles. The van der Waals surface area contributed by atoms with E-state index in [4.69, 9.17) is 4.74 Å². The summed E-state index contributed by atoms with van der Waals surface area (Å²) in [6.07, 6.45) is 3.28. The van der Waals surface area contributed by atoms with Gasteiger partial charge in [-0.1, -0.05) is 0 Å². The predicted octanol–water partition coefficient (Wildman–Crippen LogP) is -0.425. The molecule has 0 saturated carbocycles. The van der Waals surface area contributed by atoms with Crippen LogP contribution < -0.4 is 10.6 Å². The monoisotopic (exact) mass is 241 g/mol. The zero-order valence-corrected chi connectivity index (χ0v) is 10.6. The van der Waals surface area contributed by atoms with E-state index >= 15 is 0 Å². The van der Waals surface area contributed by atoms with E-state index in [1.165, 1.54) is 12.8 Å². The molecule has 2 rings (SSSR count). The lowest BCUT2D eigenvalue weighted by Crippen LogP contribution is -2.44. The molecule has 0 aromatic carbocycles. The largest absolute Gasteiger partial charge is 0.378 e. The minimum atomic E-state index is 0.116. The van der Waals surface area contributed by atoms with Gasteiger partial charge >= 0.3 is 0 Å². The summed E-state index contributed by atoms with van der Waals surface area (Å²) in [6, 6.07) is 0.131. The highest BCUT2D eigenvalue weighted by Crippen LogP contribution is 2.08. The maximum absolute atomic E-state index is 11.8. The highest BCUT2D eigenvalue weighted by Gasteiger charge is 2.28. The number of nitrogens with zero attached hydrogens (tertiary/aromatic N) is 1. The second-order valence-electron chi connectivity index (χ2n) is 4.91. The summed E-state index contributed by atoms with van der Waals surface area (Å²) in [6.45, 7) is 4.84. The Morgan fingerprint density at radius 2 is 2.18 bits per heavy atom. The van der Waals surface area contributed by atoms with Crippen LogP contribution in [-0.4, -0.2) is 62.8 Å². The van der Waals surface area contributed by atoms with Crippen LogP contribution in [0.3, 0.4) is 0 Å². The van der Waals surface area contributed by atoms with Crippen LogP contribution in [0.5, 0.6) is 0 Å². The molecule has 2 saturated heterocycles. The fourth-order valence-corrected chi connectivity index (χ4v) is 2.59. The van der Waals surface area contributed by atoms with Crippen molar-refractivity contribution < 1.29 is 9.53 Å². The topological polar surface area (TPSA) is 53.6 Å². The molecule has 98 valence electrons. The first kappa shape index (κ1) is 12.8. The number of hydrogen-bond acceptors (Lipinski definition) is 4. The first-order chi connectivity index (χ1) is 8.29. The molecule has 0 aromatic rings. The van der Waals surface area contributed by atoms with Crippen LogP contribution in [0.25, 0.3) is 0 Å². The molecule has 1 unspecified atom stereocenters. The third-order valence-corrected chi connectivity index (χ3v) is 3.66. The molecule has 0 spiro atoms. The summed E-state index contributed by atoms with van der Waals surface area (Å²) in [5, 5.41) is 6.28. The van der Waals surface area contributed by atoms with Crippen molar-refractivity contribution in [2.75, 3.05) is 39.8 Å². The highest BCUT2D eigenvalue weighted by molar-refractivity contribution is 5.76. The number of nitrogens with one attached hydrogen (secondary N) is 2. The molecule has 0 aromatic heterocycles. The molecule has 0 aliphatic carbocycles. The van der Waals surface area contributed by atoms with Gasteiger partial charge in [0.1, 0.15) is 0 Å². The second-order valence-corrected chi connectivity index (χ2v) is 4.91. The molecule has 2 atom stereocenters. The van der Waals surface area contributed by atoms with Gasteiger partial charge in [-0.05, 0) is 25.9 Å². The van der Waals surface area contributed by atoms with Gasteiger partial charge in [0.25, 0.3) is 0 Å². The third-order valence-electron chi connectivity index (χ3n) is 3.66. The molecule has 2 heterocycles. The smallest absolute Gasteiger partial charge is 0.221 e. The maximum Gasteiger partial charge on any atom is 0.221 e. The summed E-state index contributed by atoms with van der Waals surface area (Å²) in [5.74, 6) is 0.146. The number of ether oxygens (including phenoxy) is 1. The van der Waals surface area contributed by atoms with E-state index in [1.54, 1.807) is 7.11 Å². The van der Waals surface area contributed by atoms with E-state index in [2.05, 4.69) is 15.5 Å². The zero-order valence-electron chi connectivity index (χ0n) is 10.6. The molecule has 1 amide bonds. The fraction of sp³-hybridized carbons (Fsp3) is 0.917. The number of amides is 1. The molecule has 17 heavy (non-hydrogen) atoms. The van der Waals surface area contributed by atoms with Gasteiger partial charge < -0.3 is 20.3 Å². The predicted molar refractivity (Wildman–Crippen MR) is 65.9 cm³/mol. The highest BCUT2D eigenvalue weighted by atomic mass is 16.5. The first-order valence-electron chi connectivity index (χ1n) is 6.55. The third kappa shape index (κ3) is 3.66. The number of hydrogen-bond donors (Lipinski definition) is 2. The Bertz CT molecular complexity index is 254. The molecular formula is C12H23N3O2. The lowest BCUT2D eigenvalue weighted by molar-refractivity contribution is -0.122. The Morgan fingerprint density at radius 3 is 2.88 bits per heavy atom. The minimum Gasteiger partial charge on any atom is -0.378 e. The van der Waals surface area contributed by atoms with E-state index in [1.807, 2.05) is 0 Å². The Balaban J connectivity index is 1.65. The Morgan fingerprint density at radius 1 is 1.41 bits per heavy atom. The first-order valence-corrected chi connectivity index (χ1v) is 6.55. The van der Waals surface area contributed by atoms with Gasteiger partial charge in [0, 0.05) is 33.2 Å². The van der Waals surface area contributed by atoms with Gasteiger partial charge in [-0.25, -0.2) is 0 Å². The summed E-state index contributed by atoms with van der Waals surface area (Å²) in [7, 11) is 1.70. The lowest BCUT2D eigenvalue weighted by atomic mass is 10.2. The van der Waals surface area contributed by atoms with Crippen LogP contribution in [0, 0.1) is 0 Å². The zero-order chi connectivity index (χ0) is 12.1. The van der Waals surface area contributed by atoms with Crippen molar-refractivity contribution in [3.63, 3.8) is 0 Å². The van der Waals surface area contributed by atoms with Crippen molar-refractivity contribution in [1.29, 1.82) is 0 Å². The van der Waals surface area contributed by atoms with Crippen LogP contribution in [0.4, 0.5) is 0 Å². The molecular weight excluding hydrogens is 218 g/mol. The molecule has 5 heteroatoms. The van der Waals surface area contributed by atoms with E-state index in [-0.39, 0.29) is 18.1 Å². The Hall–Kier alpha value is -0.650. The van der Waals surface area contributed by atoms with Crippen LogP contribution in [-0.2, 0) is 9.53 Å². The lowest BCUT2D eigenvalue weighted by Gasteiger charge is -2.19. The average Bonchev–Trinajstić information content (AvgIpc) is 2.97. The van der Waals surface area contributed by atoms with E-state index < -0.39 is 0 Å². The fourth-order valence-electron chi connectivity index (χ4n) is 2.59. The average molecular weight is 241 g/mol. The molecule has 5 nitrogen and oxygen atoms in total. The SMILES string of the molecule is CO[C@H]1CNCC1NC(=O)CCN1CCCC1. The second kappa shape index (κ2) is 6.33. The van der Waals surface area contributed by atoms with Gasteiger partial charge in [-0.2, -0.15) is 0 Å². The quantitative estimate of drug-likeness (QED) is 0.686. The number of rotatable bonds is 5. The van der Waals surface area contributed by atoms with Crippen molar-refractivity contribution in [3.8, 4) is 0 Å². The summed E-state index contributed by atoms with van der Waals surface area (Å²) in [4.78, 5) is 14.2. The van der Waals surface area contributed by atoms with Crippen LogP contribution in [0.2, 0.25) is 0 Å². The van der Waals surface area contributed by atoms with E-state index in [0.717, 1.165) is 32.7 Å². The summed E-state index contributed by atoms with van der Waals surface area (Å²) >= 11 is 0. The normalized spacial score (nSPS) is 29.7. The van der Waals surface area contributed by atoms with Gasteiger partial charge in [-0.15, -0.1) is 0 Å². The number of carbonyl (C=O) groups excluding carboxylic acids is 1. The Labute approximate surface area is 103 Å². The number of methoxy groups -OCH3 is 1. The van der Waals surface area contributed by atoms with Gasteiger partial charge in [0.15, 0.2) is 0 Å². The van der Waals surface area contributed by atoms with E-state index in [0.29, 0.717) is 6.42 Å². The maximum atomic E-state index is 11.8. The van der Waals surface area contributed by atoms with Gasteiger partial charge in [0.05, 0.1) is 12.1 Å². The number of carbonyl (C=O) groups is 1. The van der Waals surface area contributed by atoms with Crippen molar-refractivity contribution in [2.45, 2.75) is 31.4 Å². The molecule has 2 N–H and O–H groups in total. The van der Waals surface area contributed by atoms with Crippen molar-refractivity contribution in [2.24, 2.45) is 0 Å². The minimum absolute atomic E-state index is 0.116. The van der Waals surface area contributed by atoms with Crippen LogP contribution in [0.1, 0.15) is 19.3 Å². The standard InChI is InChI=1S/C12H23N3O2/c1-17-11-9-13-8-10(11)14-12(16)4-7-15-5-2-3-6-15/h10-11,13H,2-9H2,1H3,(H,14,16)/t10?,11-/m0/s1. The van der Waals surface area contributed by atoms with Crippen molar-refractivity contribution in [3.05, 3.63) is 0 Å².